The van der Waals surface area contributed by atoms with E-state index in [1.54, 1.807) is 11.1 Å². The fourth-order valence-corrected chi connectivity index (χ4v) is 4.24. The highest BCUT2D eigenvalue weighted by Gasteiger charge is 2.37. The number of H-pyrrole nitrogens is 1. The minimum Gasteiger partial charge on any atom is -0.459 e. The Kier molecular flexibility index (Phi) is 5.21. The molecule has 5 heteroatoms. The van der Waals surface area contributed by atoms with E-state index in [1.165, 1.54) is 0 Å². The summed E-state index contributed by atoms with van der Waals surface area (Å²) in [4.78, 5) is 31.6. The average molecular weight is 417 g/mol. The summed E-state index contributed by atoms with van der Waals surface area (Å²) >= 11 is 0. The van der Waals surface area contributed by atoms with Crippen LogP contribution in [0.5, 0.6) is 0 Å². The van der Waals surface area contributed by atoms with Crippen LogP contribution in [0.4, 0.5) is 0 Å². The zero-order valence-electron chi connectivity index (χ0n) is 18.7. The smallest absolute Gasteiger partial charge is 0.342 e. The van der Waals surface area contributed by atoms with Crippen LogP contribution >= 0.6 is 0 Å². The molecule has 1 aliphatic heterocycles. The number of carbonyl (C=O) groups excluding carboxylic acids is 2. The molecular formula is C26H28N2O3. The number of esters is 1. The van der Waals surface area contributed by atoms with Crippen molar-refractivity contribution in [2.45, 2.75) is 46.1 Å². The first-order valence-corrected chi connectivity index (χ1v) is 10.6. The molecule has 160 valence electrons. The number of para-hydroxylation sites is 1. The molecule has 4 rings (SSSR count). The van der Waals surface area contributed by atoms with Gasteiger partial charge in [0.15, 0.2) is 0 Å². The lowest BCUT2D eigenvalue weighted by Crippen LogP contribution is -2.36. The Morgan fingerprint density at radius 3 is 2.42 bits per heavy atom. The van der Waals surface area contributed by atoms with E-state index in [9.17, 15) is 9.59 Å². The van der Waals surface area contributed by atoms with Gasteiger partial charge in [0, 0.05) is 34.6 Å². The third-order valence-electron chi connectivity index (χ3n) is 5.62. The van der Waals surface area contributed by atoms with Gasteiger partial charge < -0.3 is 14.6 Å². The van der Waals surface area contributed by atoms with Crippen LogP contribution in [0.1, 0.15) is 54.9 Å². The average Bonchev–Trinajstić information content (AvgIpc) is 3.05. The molecule has 0 atom stereocenters. The first-order valence-electron chi connectivity index (χ1n) is 10.6. The van der Waals surface area contributed by atoms with Gasteiger partial charge in [-0.3, -0.25) is 4.79 Å². The Morgan fingerprint density at radius 2 is 1.74 bits per heavy atom. The Bertz CT molecular complexity index is 1180. The molecule has 0 spiro atoms. The molecule has 5 nitrogen and oxygen atoms in total. The van der Waals surface area contributed by atoms with E-state index in [0.717, 1.165) is 27.7 Å². The number of hydrogen-bond acceptors (Lipinski definition) is 3. The molecule has 0 bridgehead atoms. The van der Waals surface area contributed by atoms with E-state index in [4.69, 9.17) is 4.74 Å². The predicted molar refractivity (Wildman–Crippen MR) is 123 cm³/mol. The van der Waals surface area contributed by atoms with E-state index < -0.39 is 11.4 Å². The number of amides is 1. The van der Waals surface area contributed by atoms with Gasteiger partial charge in [-0.15, -0.1) is 0 Å². The van der Waals surface area contributed by atoms with Crippen LogP contribution in [0.25, 0.3) is 16.5 Å². The first-order chi connectivity index (χ1) is 14.7. The Balaban J connectivity index is 1.89. The SMILES string of the molecule is Cc1ccc(C(=O)N2C=C(C(=O)OC(C)C)c3[nH]c4ccccc4c3C(C)(C)C2)cc1. The summed E-state index contributed by atoms with van der Waals surface area (Å²) in [6, 6.07) is 15.5. The molecule has 2 aromatic carbocycles. The van der Waals surface area contributed by atoms with Crippen molar-refractivity contribution in [2.75, 3.05) is 6.54 Å². The highest BCUT2D eigenvalue weighted by atomic mass is 16.5. The minimum absolute atomic E-state index is 0.141. The summed E-state index contributed by atoms with van der Waals surface area (Å²) in [6.45, 7) is 10.3. The zero-order valence-corrected chi connectivity index (χ0v) is 18.7. The van der Waals surface area contributed by atoms with Crippen molar-refractivity contribution < 1.29 is 14.3 Å². The van der Waals surface area contributed by atoms with Gasteiger partial charge in [-0.25, -0.2) is 4.79 Å². The van der Waals surface area contributed by atoms with Crippen LogP contribution in [0, 0.1) is 6.92 Å². The van der Waals surface area contributed by atoms with Crippen LogP contribution in [0.15, 0.2) is 54.7 Å². The molecule has 1 amide bonds. The number of aryl methyl sites for hydroxylation is 1. The van der Waals surface area contributed by atoms with Crippen molar-refractivity contribution in [3.05, 3.63) is 77.1 Å². The van der Waals surface area contributed by atoms with E-state index in [1.807, 2.05) is 63.2 Å². The molecule has 1 N–H and O–H groups in total. The molecule has 0 radical (unpaired) electrons. The van der Waals surface area contributed by atoms with Gasteiger partial charge in [-0.05, 0) is 44.5 Å². The van der Waals surface area contributed by atoms with Crippen molar-refractivity contribution in [3.63, 3.8) is 0 Å². The van der Waals surface area contributed by atoms with Crippen molar-refractivity contribution in [2.24, 2.45) is 0 Å². The molecule has 3 aromatic rings. The third-order valence-corrected chi connectivity index (χ3v) is 5.62. The van der Waals surface area contributed by atoms with Gasteiger partial charge in [0.2, 0.25) is 0 Å². The lowest BCUT2D eigenvalue weighted by molar-refractivity contribution is -0.140. The maximum atomic E-state index is 13.4. The Morgan fingerprint density at radius 1 is 1.06 bits per heavy atom. The van der Waals surface area contributed by atoms with E-state index in [2.05, 4.69) is 24.9 Å². The van der Waals surface area contributed by atoms with E-state index >= 15 is 0 Å². The fraction of sp³-hybridized carbons (Fsp3) is 0.308. The van der Waals surface area contributed by atoms with Gasteiger partial charge in [0.1, 0.15) is 0 Å². The standard InChI is InChI=1S/C26H28N2O3/c1-16(2)31-25(30)20-14-28(24(29)18-12-10-17(3)11-13-18)15-26(4,5)22-19-8-6-7-9-21(19)27-23(20)22/h6-14,16,27H,15H2,1-5H3. The van der Waals surface area contributed by atoms with E-state index in [0.29, 0.717) is 17.7 Å². The van der Waals surface area contributed by atoms with Gasteiger partial charge in [-0.1, -0.05) is 49.7 Å². The summed E-state index contributed by atoms with van der Waals surface area (Å²) in [7, 11) is 0. The quantitative estimate of drug-likeness (QED) is 0.597. The number of rotatable bonds is 3. The van der Waals surface area contributed by atoms with Crippen LogP contribution in [0.3, 0.4) is 0 Å². The third kappa shape index (κ3) is 3.88. The maximum absolute atomic E-state index is 13.4. The number of carbonyl (C=O) groups is 2. The molecule has 0 saturated heterocycles. The summed E-state index contributed by atoms with van der Waals surface area (Å²) in [5, 5.41) is 1.05. The number of nitrogens with zero attached hydrogens (tertiary/aromatic N) is 1. The lowest BCUT2D eigenvalue weighted by atomic mass is 9.81. The lowest BCUT2D eigenvalue weighted by Gasteiger charge is -2.29. The summed E-state index contributed by atoms with van der Waals surface area (Å²) in [6.07, 6.45) is 1.38. The second-order valence-corrected chi connectivity index (χ2v) is 9.10. The monoisotopic (exact) mass is 416 g/mol. The molecule has 0 fully saturated rings. The molecule has 31 heavy (non-hydrogen) atoms. The zero-order chi connectivity index (χ0) is 22.3. The highest BCUT2D eigenvalue weighted by Crippen LogP contribution is 2.40. The normalized spacial score (nSPS) is 15.4. The first kappa shape index (κ1) is 20.9. The van der Waals surface area contributed by atoms with Crippen molar-refractivity contribution >= 4 is 28.4 Å². The number of ether oxygens (including phenoxy) is 1. The summed E-state index contributed by atoms with van der Waals surface area (Å²) in [5.74, 6) is -0.584. The number of hydrogen-bond donors (Lipinski definition) is 1. The summed E-state index contributed by atoms with van der Waals surface area (Å²) in [5.41, 5.74) is 4.35. The van der Waals surface area contributed by atoms with Crippen LogP contribution in [0.2, 0.25) is 0 Å². The Hall–Kier alpha value is -3.34. The number of fused-ring (bicyclic) bond motifs is 3. The van der Waals surface area contributed by atoms with Crippen LogP contribution < -0.4 is 0 Å². The van der Waals surface area contributed by atoms with Crippen LogP contribution in [-0.4, -0.2) is 34.4 Å². The second-order valence-electron chi connectivity index (χ2n) is 9.10. The molecule has 0 unspecified atom stereocenters. The maximum Gasteiger partial charge on any atom is 0.342 e. The topological polar surface area (TPSA) is 62.4 Å². The molecule has 0 aliphatic carbocycles. The molecular weight excluding hydrogens is 388 g/mol. The van der Waals surface area contributed by atoms with Gasteiger partial charge in [0.25, 0.3) is 5.91 Å². The summed E-state index contributed by atoms with van der Waals surface area (Å²) < 4.78 is 5.55. The van der Waals surface area contributed by atoms with Crippen molar-refractivity contribution in [3.8, 4) is 0 Å². The Labute approximate surface area is 182 Å². The molecule has 0 saturated carbocycles. The second kappa shape index (κ2) is 7.73. The number of nitrogens with one attached hydrogen (secondary N) is 1. The largest absolute Gasteiger partial charge is 0.459 e. The number of benzene rings is 2. The molecule has 2 heterocycles. The minimum atomic E-state index is -0.442. The van der Waals surface area contributed by atoms with Gasteiger partial charge >= 0.3 is 5.97 Å². The van der Waals surface area contributed by atoms with E-state index in [-0.39, 0.29) is 12.0 Å². The van der Waals surface area contributed by atoms with Crippen molar-refractivity contribution in [1.29, 1.82) is 0 Å². The number of aromatic nitrogens is 1. The van der Waals surface area contributed by atoms with Crippen LogP contribution in [-0.2, 0) is 14.9 Å². The van der Waals surface area contributed by atoms with Gasteiger partial charge in [0.05, 0.1) is 17.4 Å². The van der Waals surface area contributed by atoms with Gasteiger partial charge in [-0.2, -0.15) is 0 Å². The number of aromatic amines is 1. The van der Waals surface area contributed by atoms with Crippen molar-refractivity contribution in [1.82, 2.24) is 9.88 Å². The fourth-order valence-electron chi connectivity index (χ4n) is 4.24. The molecule has 1 aliphatic rings. The molecule has 1 aromatic heterocycles. The highest BCUT2D eigenvalue weighted by molar-refractivity contribution is 6.18. The predicted octanol–water partition coefficient (Wildman–Crippen LogP) is 5.20.